The van der Waals surface area contributed by atoms with Gasteiger partial charge in [0.25, 0.3) is 11.7 Å². The first kappa shape index (κ1) is 37.3. The van der Waals surface area contributed by atoms with Crippen LogP contribution >= 0.6 is 0 Å². The third kappa shape index (κ3) is 7.25. The zero-order valence-corrected chi connectivity index (χ0v) is 29.4. The molecule has 49 heavy (non-hydrogen) atoms. The van der Waals surface area contributed by atoms with E-state index in [9.17, 15) is 34.8 Å². The van der Waals surface area contributed by atoms with Gasteiger partial charge in [-0.2, -0.15) is 0 Å². The molecule has 3 aliphatic rings. The molecule has 2 aromatic rings. The monoisotopic (exact) mass is 681 g/mol. The molecule has 12 nitrogen and oxygen atoms in total. The lowest BCUT2D eigenvalue weighted by molar-refractivity contribution is -0.155. The largest absolute Gasteiger partial charge is 0.507 e. The number of carbonyl (C=O) groups excluding carboxylic acids is 3. The average Bonchev–Trinajstić information content (AvgIpc) is 3.30. The van der Waals surface area contributed by atoms with E-state index in [0.717, 1.165) is 6.07 Å². The lowest BCUT2D eigenvalue weighted by atomic mass is 9.80. The van der Waals surface area contributed by atoms with E-state index in [4.69, 9.17) is 18.9 Å². The Morgan fingerprint density at radius 3 is 2.33 bits per heavy atom. The van der Waals surface area contributed by atoms with Gasteiger partial charge in [-0.25, -0.2) is 0 Å². The molecular weight excluding hydrogens is 634 g/mol. The van der Waals surface area contributed by atoms with Crippen molar-refractivity contribution < 1.29 is 53.8 Å². The summed E-state index contributed by atoms with van der Waals surface area (Å²) >= 11 is 0. The van der Waals surface area contributed by atoms with Crippen LogP contribution in [0.2, 0.25) is 0 Å². The maximum absolute atomic E-state index is 13.9. The number of esters is 1. The number of aromatic hydroxyl groups is 3. The Labute approximate surface area is 286 Å². The van der Waals surface area contributed by atoms with Crippen molar-refractivity contribution in [2.24, 2.45) is 23.7 Å². The lowest BCUT2D eigenvalue weighted by Gasteiger charge is -2.34. The predicted molar refractivity (Wildman–Crippen MR) is 182 cm³/mol. The molecule has 0 radical (unpaired) electrons. The number of carbonyl (C=O) groups is 3. The van der Waals surface area contributed by atoms with Crippen molar-refractivity contribution in [2.45, 2.75) is 85.9 Å². The standard InChI is InChI=1S/C37H47NO11/c1-17-11-10-12-18(2)36(45)38-24-16-25(40)27-28(32(24)43)31(42)22(6)34-29(27)35(44)37(8,49-34)47-14-13-26(46-9)21(5)33(48-23(7)39)20(4)15-19(3)30(17)41/h10-14,16-17,19-21,26,30,33,40-43H,15H2,1-9H3,(H,38,45)/b11-10+,14-13+,18-12-/t17-,19-,20+,21+,26-,30-,33-,37-/m0/s1. The van der Waals surface area contributed by atoms with Crippen LogP contribution in [0.25, 0.3) is 10.8 Å². The number of phenols is 3. The number of allylic oxidation sites excluding steroid dienone is 2. The van der Waals surface area contributed by atoms with Gasteiger partial charge in [0.05, 0.1) is 35.1 Å². The van der Waals surface area contributed by atoms with Crippen LogP contribution in [-0.4, -0.2) is 69.3 Å². The van der Waals surface area contributed by atoms with Crippen molar-refractivity contribution in [3.8, 4) is 23.0 Å². The Hall–Kier alpha value is -4.55. The van der Waals surface area contributed by atoms with Crippen LogP contribution < -0.4 is 10.1 Å². The van der Waals surface area contributed by atoms with E-state index in [-0.39, 0.29) is 56.7 Å². The molecule has 0 fully saturated rings. The number of ether oxygens (including phenoxy) is 4. The summed E-state index contributed by atoms with van der Waals surface area (Å²) in [4.78, 5) is 39.2. The zero-order chi connectivity index (χ0) is 36.5. The van der Waals surface area contributed by atoms with Crippen molar-refractivity contribution in [3.63, 3.8) is 0 Å². The number of anilines is 1. The molecule has 12 heteroatoms. The number of aliphatic hydroxyl groups excluding tert-OH is 1. The van der Waals surface area contributed by atoms with Crippen molar-refractivity contribution in [1.82, 2.24) is 0 Å². The molecule has 5 rings (SSSR count). The molecule has 3 aliphatic heterocycles. The topological polar surface area (TPSA) is 181 Å². The minimum Gasteiger partial charge on any atom is -0.507 e. The number of hydrogen-bond acceptors (Lipinski definition) is 11. The van der Waals surface area contributed by atoms with Crippen LogP contribution in [0.15, 0.2) is 42.2 Å². The van der Waals surface area contributed by atoms with Gasteiger partial charge in [-0.15, -0.1) is 0 Å². The number of amides is 1. The number of phenolic OH excluding ortho intramolecular Hbond substituents is 3. The van der Waals surface area contributed by atoms with E-state index in [1.54, 1.807) is 31.2 Å². The number of Topliss-reactive ketones (excluding diaryl/α,β-unsaturated/α-hetero) is 1. The number of rotatable bonds is 2. The molecule has 1 amide bonds. The van der Waals surface area contributed by atoms with Gasteiger partial charge < -0.3 is 44.7 Å². The molecule has 0 saturated heterocycles. The van der Waals surface area contributed by atoms with Gasteiger partial charge in [-0.3, -0.25) is 14.4 Å². The highest BCUT2D eigenvalue weighted by Crippen LogP contribution is 2.53. The first-order valence-electron chi connectivity index (χ1n) is 16.3. The van der Waals surface area contributed by atoms with E-state index in [0.29, 0.717) is 6.42 Å². The summed E-state index contributed by atoms with van der Waals surface area (Å²) in [5.74, 6) is -6.35. The molecule has 0 aliphatic carbocycles. The highest BCUT2D eigenvalue weighted by Gasteiger charge is 2.49. The Balaban J connectivity index is 1.85. The Kier molecular flexibility index (Phi) is 11.0. The fourth-order valence-corrected chi connectivity index (χ4v) is 6.72. The van der Waals surface area contributed by atoms with Gasteiger partial charge in [0.2, 0.25) is 0 Å². The van der Waals surface area contributed by atoms with Crippen LogP contribution in [0.4, 0.5) is 5.69 Å². The minimum absolute atomic E-state index is 0.0422. The predicted octanol–water partition coefficient (Wildman–Crippen LogP) is 5.78. The molecule has 0 unspecified atom stereocenters. The molecule has 0 saturated carbocycles. The van der Waals surface area contributed by atoms with E-state index < -0.39 is 64.9 Å². The number of fused-ring (bicyclic) bond motifs is 14. The fraction of sp³-hybridized carbons (Fsp3) is 0.486. The fourth-order valence-electron chi connectivity index (χ4n) is 6.72. The molecule has 0 aromatic heterocycles. The van der Waals surface area contributed by atoms with Crippen molar-refractivity contribution >= 4 is 34.1 Å². The molecule has 5 N–H and O–H groups in total. The van der Waals surface area contributed by atoms with E-state index in [2.05, 4.69) is 5.32 Å². The van der Waals surface area contributed by atoms with Crippen LogP contribution in [0.1, 0.15) is 70.8 Å². The number of nitrogens with one attached hydrogen (secondary N) is 1. The van der Waals surface area contributed by atoms with Gasteiger partial charge in [-0.1, -0.05) is 45.9 Å². The summed E-state index contributed by atoms with van der Waals surface area (Å²) in [5, 5.41) is 46.8. The Morgan fingerprint density at radius 2 is 1.69 bits per heavy atom. The second-order valence-corrected chi connectivity index (χ2v) is 13.4. The van der Waals surface area contributed by atoms with Crippen LogP contribution in [-0.2, 0) is 23.8 Å². The third-order valence-electron chi connectivity index (χ3n) is 9.59. The molecule has 0 spiro atoms. The number of ketones is 1. The first-order chi connectivity index (χ1) is 22.9. The maximum Gasteiger partial charge on any atom is 0.312 e. The summed E-state index contributed by atoms with van der Waals surface area (Å²) in [5.41, 5.74) is 0.0399. The maximum atomic E-state index is 13.9. The van der Waals surface area contributed by atoms with Crippen LogP contribution in [0, 0.1) is 30.6 Å². The second-order valence-electron chi connectivity index (χ2n) is 13.4. The van der Waals surface area contributed by atoms with Gasteiger partial charge in [-0.05, 0) is 38.2 Å². The molecule has 266 valence electrons. The van der Waals surface area contributed by atoms with Crippen molar-refractivity contribution in [1.29, 1.82) is 0 Å². The third-order valence-corrected chi connectivity index (χ3v) is 9.59. The Bertz CT molecular complexity index is 1730. The summed E-state index contributed by atoms with van der Waals surface area (Å²) in [6, 6.07) is 1.08. The quantitative estimate of drug-likeness (QED) is 0.147. The highest BCUT2D eigenvalue weighted by molar-refractivity contribution is 6.21. The minimum atomic E-state index is -1.94. The summed E-state index contributed by atoms with van der Waals surface area (Å²) in [6.45, 7) is 13.3. The zero-order valence-electron chi connectivity index (χ0n) is 29.4. The van der Waals surface area contributed by atoms with E-state index in [1.807, 2.05) is 27.7 Å². The molecule has 5 bridgehead atoms. The second kappa shape index (κ2) is 14.5. The smallest absolute Gasteiger partial charge is 0.312 e. The number of benzene rings is 2. The van der Waals surface area contributed by atoms with Gasteiger partial charge in [0.15, 0.2) is 5.75 Å². The van der Waals surface area contributed by atoms with E-state index in [1.165, 1.54) is 34.1 Å². The van der Waals surface area contributed by atoms with Crippen LogP contribution in [0.3, 0.4) is 0 Å². The Morgan fingerprint density at radius 1 is 1.02 bits per heavy atom. The molecule has 3 heterocycles. The SMILES string of the molecule is CO[C@H]1/C=C/O[C@@]2(C)Oc3c(C)c(O)c4c(O)c(cc(O)c4c3C2=O)NC(=O)/C(C)=C\C=C\[C@H](C)[C@H](O)[C@@H](C)C[C@@H](C)[C@H](OC(C)=O)[C@@H]1C. The molecule has 2 aromatic carbocycles. The average molecular weight is 682 g/mol. The highest BCUT2D eigenvalue weighted by atomic mass is 16.7. The van der Waals surface area contributed by atoms with Gasteiger partial charge in [0, 0.05) is 55.4 Å². The van der Waals surface area contributed by atoms with Gasteiger partial charge in [0.1, 0.15) is 23.4 Å². The summed E-state index contributed by atoms with van der Waals surface area (Å²) in [6.07, 6.45) is 6.30. The number of methoxy groups -OCH3 is 1. The summed E-state index contributed by atoms with van der Waals surface area (Å²) < 4.78 is 23.4. The summed E-state index contributed by atoms with van der Waals surface area (Å²) in [7, 11) is 1.49. The first-order valence-corrected chi connectivity index (χ1v) is 16.3. The number of hydrogen-bond donors (Lipinski definition) is 5. The molecule has 8 atom stereocenters. The number of aliphatic hydroxyl groups is 1. The molecular formula is C37H47NO11. The normalized spacial score (nSPS) is 32.1. The lowest BCUT2D eigenvalue weighted by Crippen LogP contribution is -2.40. The van der Waals surface area contributed by atoms with Crippen LogP contribution in [0.5, 0.6) is 23.0 Å². The van der Waals surface area contributed by atoms with Crippen molar-refractivity contribution in [3.05, 3.63) is 53.3 Å². The van der Waals surface area contributed by atoms with Crippen molar-refractivity contribution in [2.75, 3.05) is 12.4 Å². The van der Waals surface area contributed by atoms with Gasteiger partial charge >= 0.3 is 11.8 Å². The van der Waals surface area contributed by atoms with E-state index >= 15 is 0 Å².